The van der Waals surface area contributed by atoms with Crippen molar-refractivity contribution in [1.82, 2.24) is 10.5 Å². The van der Waals surface area contributed by atoms with Gasteiger partial charge in [-0.25, -0.2) is 0 Å². The maximum absolute atomic E-state index is 4.95. The topological polar surface area (TPSA) is 38.1 Å². The molecule has 1 rings (SSSR count). The van der Waals surface area contributed by atoms with Gasteiger partial charge in [-0.15, -0.1) is 0 Å². The van der Waals surface area contributed by atoms with Crippen molar-refractivity contribution >= 4 is 0 Å². The maximum Gasteiger partial charge on any atom is 0.133 e. The Kier molecular flexibility index (Phi) is 4.54. The van der Waals surface area contributed by atoms with E-state index in [1.54, 1.807) is 0 Å². The normalized spacial score (nSPS) is 10.6. The lowest BCUT2D eigenvalue weighted by Crippen LogP contribution is -2.14. The summed E-state index contributed by atoms with van der Waals surface area (Å²) in [4.78, 5) is 0. The lowest BCUT2D eigenvalue weighted by molar-refractivity contribution is 0.388. The van der Waals surface area contributed by atoms with Gasteiger partial charge in [-0.2, -0.15) is 0 Å². The molecular weight excluding hydrogens is 164 g/mol. The molecule has 0 saturated carbocycles. The highest BCUT2D eigenvalue weighted by Gasteiger charge is 1.98. The molecule has 0 amide bonds. The summed E-state index contributed by atoms with van der Waals surface area (Å²) in [5.74, 6) is 0.880. The Morgan fingerprint density at radius 2 is 2.31 bits per heavy atom. The monoisotopic (exact) mass is 182 g/mol. The second-order valence-electron chi connectivity index (χ2n) is 3.31. The fraction of sp³-hybridized carbons (Fsp3) is 0.700. The number of aromatic nitrogens is 1. The van der Waals surface area contributed by atoms with Gasteiger partial charge in [0, 0.05) is 12.6 Å². The molecule has 0 bridgehead atoms. The molecule has 0 spiro atoms. The highest BCUT2D eigenvalue weighted by molar-refractivity contribution is 5.02. The van der Waals surface area contributed by atoms with E-state index < -0.39 is 0 Å². The SMILES string of the molecule is CCCCCNCc1cc(C)on1. The smallest absolute Gasteiger partial charge is 0.133 e. The first-order chi connectivity index (χ1) is 6.33. The summed E-state index contributed by atoms with van der Waals surface area (Å²) in [5, 5.41) is 7.22. The van der Waals surface area contributed by atoms with E-state index >= 15 is 0 Å². The zero-order valence-corrected chi connectivity index (χ0v) is 8.47. The van der Waals surface area contributed by atoms with Crippen LogP contribution in [0.4, 0.5) is 0 Å². The third-order valence-corrected chi connectivity index (χ3v) is 1.94. The molecule has 1 aromatic rings. The summed E-state index contributed by atoms with van der Waals surface area (Å²) in [6.45, 7) is 6.01. The zero-order valence-electron chi connectivity index (χ0n) is 8.47. The first-order valence-electron chi connectivity index (χ1n) is 4.96. The number of unbranched alkanes of at least 4 members (excludes halogenated alkanes) is 2. The number of nitrogens with zero attached hydrogens (tertiary/aromatic N) is 1. The molecule has 1 aromatic heterocycles. The lowest BCUT2D eigenvalue weighted by atomic mass is 10.2. The van der Waals surface area contributed by atoms with E-state index in [1.165, 1.54) is 19.3 Å². The van der Waals surface area contributed by atoms with Crippen molar-refractivity contribution in [2.75, 3.05) is 6.54 Å². The van der Waals surface area contributed by atoms with Gasteiger partial charge in [0.15, 0.2) is 0 Å². The van der Waals surface area contributed by atoms with E-state index in [4.69, 9.17) is 4.52 Å². The van der Waals surface area contributed by atoms with Crippen molar-refractivity contribution in [2.24, 2.45) is 0 Å². The molecule has 74 valence electrons. The Balaban J connectivity index is 2.06. The van der Waals surface area contributed by atoms with Crippen LogP contribution in [0.1, 0.15) is 37.6 Å². The minimum atomic E-state index is 0.820. The molecule has 0 saturated heterocycles. The van der Waals surface area contributed by atoms with Crippen LogP contribution in [0.3, 0.4) is 0 Å². The van der Waals surface area contributed by atoms with Crippen LogP contribution in [0, 0.1) is 6.92 Å². The molecule has 0 radical (unpaired) electrons. The third-order valence-electron chi connectivity index (χ3n) is 1.94. The molecule has 0 aliphatic heterocycles. The molecule has 13 heavy (non-hydrogen) atoms. The number of aryl methyl sites for hydroxylation is 1. The standard InChI is InChI=1S/C10H18N2O/c1-3-4-5-6-11-8-10-7-9(2)13-12-10/h7,11H,3-6,8H2,1-2H3. The predicted octanol–water partition coefficient (Wildman–Crippen LogP) is 2.26. The van der Waals surface area contributed by atoms with E-state index in [0.717, 1.165) is 24.5 Å². The number of nitrogens with one attached hydrogen (secondary N) is 1. The molecule has 3 nitrogen and oxygen atoms in total. The van der Waals surface area contributed by atoms with Crippen LogP contribution in [-0.2, 0) is 6.54 Å². The van der Waals surface area contributed by atoms with E-state index in [0.29, 0.717) is 0 Å². The van der Waals surface area contributed by atoms with E-state index in [9.17, 15) is 0 Å². The number of rotatable bonds is 6. The largest absolute Gasteiger partial charge is 0.361 e. The van der Waals surface area contributed by atoms with Crippen molar-refractivity contribution in [1.29, 1.82) is 0 Å². The van der Waals surface area contributed by atoms with Gasteiger partial charge in [-0.3, -0.25) is 0 Å². The van der Waals surface area contributed by atoms with Gasteiger partial charge in [-0.1, -0.05) is 24.9 Å². The molecular formula is C10H18N2O. The van der Waals surface area contributed by atoms with Crippen LogP contribution >= 0.6 is 0 Å². The lowest BCUT2D eigenvalue weighted by Gasteiger charge is -1.99. The van der Waals surface area contributed by atoms with Crippen molar-refractivity contribution in [3.05, 3.63) is 17.5 Å². The minimum absolute atomic E-state index is 0.820. The van der Waals surface area contributed by atoms with Gasteiger partial charge < -0.3 is 9.84 Å². The van der Waals surface area contributed by atoms with Gasteiger partial charge in [0.25, 0.3) is 0 Å². The van der Waals surface area contributed by atoms with Gasteiger partial charge in [0.2, 0.25) is 0 Å². The van der Waals surface area contributed by atoms with Crippen LogP contribution in [-0.4, -0.2) is 11.7 Å². The van der Waals surface area contributed by atoms with Crippen molar-refractivity contribution < 1.29 is 4.52 Å². The minimum Gasteiger partial charge on any atom is -0.361 e. The number of hydrogen-bond donors (Lipinski definition) is 1. The highest BCUT2D eigenvalue weighted by atomic mass is 16.5. The van der Waals surface area contributed by atoms with E-state index in [-0.39, 0.29) is 0 Å². The van der Waals surface area contributed by atoms with Crippen LogP contribution in [0.25, 0.3) is 0 Å². The number of hydrogen-bond acceptors (Lipinski definition) is 3. The van der Waals surface area contributed by atoms with Crippen LogP contribution in [0.15, 0.2) is 10.6 Å². The predicted molar refractivity (Wildman–Crippen MR) is 52.5 cm³/mol. The first-order valence-corrected chi connectivity index (χ1v) is 4.96. The van der Waals surface area contributed by atoms with Crippen molar-refractivity contribution in [2.45, 2.75) is 39.7 Å². The van der Waals surface area contributed by atoms with E-state index in [2.05, 4.69) is 17.4 Å². The molecule has 1 N–H and O–H groups in total. The van der Waals surface area contributed by atoms with Gasteiger partial charge in [0.05, 0.1) is 5.69 Å². The Labute approximate surface area is 79.5 Å². The molecule has 0 aromatic carbocycles. The molecule has 3 heteroatoms. The van der Waals surface area contributed by atoms with Crippen LogP contribution < -0.4 is 5.32 Å². The summed E-state index contributed by atoms with van der Waals surface area (Å²) in [6.07, 6.45) is 3.81. The molecule has 0 aliphatic carbocycles. The van der Waals surface area contributed by atoms with Crippen molar-refractivity contribution in [3.8, 4) is 0 Å². The second kappa shape index (κ2) is 5.75. The van der Waals surface area contributed by atoms with Crippen LogP contribution in [0.2, 0.25) is 0 Å². The summed E-state index contributed by atoms with van der Waals surface area (Å²) in [6, 6.07) is 1.97. The summed E-state index contributed by atoms with van der Waals surface area (Å²) in [7, 11) is 0. The average Bonchev–Trinajstić information content (AvgIpc) is 2.51. The highest BCUT2D eigenvalue weighted by Crippen LogP contribution is 2.00. The Bertz CT molecular complexity index is 233. The van der Waals surface area contributed by atoms with Gasteiger partial charge in [0.1, 0.15) is 5.76 Å². The summed E-state index contributed by atoms with van der Waals surface area (Å²) < 4.78 is 4.95. The molecule has 0 fully saturated rings. The Morgan fingerprint density at radius 3 is 2.92 bits per heavy atom. The fourth-order valence-electron chi connectivity index (χ4n) is 1.22. The quantitative estimate of drug-likeness (QED) is 0.686. The second-order valence-corrected chi connectivity index (χ2v) is 3.31. The summed E-state index contributed by atoms with van der Waals surface area (Å²) in [5.41, 5.74) is 0.994. The average molecular weight is 182 g/mol. The van der Waals surface area contributed by atoms with E-state index in [1.807, 2.05) is 13.0 Å². The first kappa shape index (κ1) is 10.3. The Hall–Kier alpha value is -0.830. The molecule has 1 heterocycles. The molecule has 0 aliphatic rings. The van der Waals surface area contributed by atoms with Crippen molar-refractivity contribution in [3.63, 3.8) is 0 Å². The summed E-state index contributed by atoms with van der Waals surface area (Å²) >= 11 is 0. The Morgan fingerprint density at radius 1 is 1.46 bits per heavy atom. The zero-order chi connectivity index (χ0) is 9.52. The molecule has 0 unspecified atom stereocenters. The maximum atomic E-state index is 4.95. The third kappa shape index (κ3) is 4.08. The van der Waals surface area contributed by atoms with Gasteiger partial charge >= 0.3 is 0 Å². The van der Waals surface area contributed by atoms with Gasteiger partial charge in [-0.05, 0) is 19.9 Å². The fourth-order valence-corrected chi connectivity index (χ4v) is 1.22. The van der Waals surface area contributed by atoms with Crippen LogP contribution in [0.5, 0.6) is 0 Å². The molecule has 0 atom stereocenters.